The van der Waals surface area contributed by atoms with Crippen LogP contribution in [0.4, 0.5) is 15.8 Å². The number of hydrogen-bond donors (Lipinski definition) is 1. The fraction of sp³-hybridized carbons (Fsp3) is 0.435. The van der Waals surface area contributed by atoms with E-state index in [9.17, 15) is 9.90 Å². The molecule has 0 bridgehead atoms. The molecule has 2 heterocycles. The molecule has 0 unspecified atom stereocenters. The summed E-state index contributed by atoms with van der Waals surface area (Å²) < 4.78 is 21.6. The lowest BCUT2D eigenvalue weighted by Crippen LogP contribution is -2.44. The van der Waals surface area contributed by atoms with Crippen molar-refractivity contribution in [3.05, 3.63) is 60.2 Å². The van der Waals surface area contributed by atoms with Gasteiger partial charge in [0.1, 0.15) is 5.67 Å². The Hall–Kier alpha value is -2.24. The third-order valence-corrected chi connectivity index (χ3v) is 6.20. The lowest BCUT2D eigenvalue weighted by molar-refractivity contribution is -0.145. The second-order valence-electron chi connectivity index (χ2n) is 8.28. The molecule has 28 heavy (non-hydrogen) atoms. The Morgan fingerprint density at radius 1 is 1.14 bits per heavy atom. The van der Waals surface area contributed by atoms with Crippen molar-refractivity contribution in [3.63, 3.8) is 0 Å². The highest BCUT2D eigenvalue weighted by molar-refractivity contribution is 6.12. The number of anilines is 2. The zero-order valence-corrected chi connectivity index (χ0v) is 16.4. The van der Waals surface area contributed by atoms with E-state index in [4.69, 9.17) is 4.74 Å². The Morgan fingerprint density at radius 3 is 2.43 bits per heavy atom. The van der Waals surface area contributed by atoms with Gasteiger partial charge in [0.2, 0.25) is 0 Å². The van der Waals surface area contributed by atoms with Crippen LogP contribution in [-0.2, 0) is 15.1 Å². The van der Waals surface area contributed by atoms with Crippen LogP contribution in [0.5, 0.6) is 0 Å². The average molecular weight is 383 g/mol. The summed E-state index contributed by atoms with van der Waals surface area (Å²) >= 11 is 0. The first-order valence-corrected chi connectivity index (χ1v) is 9.79. The summed E-state index contributed by atoms with van der Waals surface area (Å²) in [5.74, 6) is -1.08. The normalized spacial score (nSPS) is 29.5. The molecule has 148 valence electrons. The summed E-state index contributed by atoms with van der Waals surface area (Å²) in [5, 5.41) is 9.52. The summed E-state index contributed by atoms with van der Waals surface area (Å²) in [6.07, 6.45) is -0.238. The molecule has 4 atom stereocenters. The minimum atomic E-state index is -1.54. The topological polar surface area (TPSA) is 49.8 Å². The van der Waals surface area contributed by atoms with Crippen molar-refractivity contribution in [1.82, 2.24) is 0 Å². The van der Waals surface area contributed by atoms with Gasteiger partial charge in [-0.15, -0.1) is 0 Å². The number of fused-ring (bicyclic) bond motifs is 2. The standard InChI is InChI=1S/C23H26FNO3/c1-15-20(22(2,3)24)19(13-14-26)28-23(15)17-11-7-8-12-18(17)25(21(23)27)16-9-5-4-6-10-16/h4-12,15,19-20,26H,13-14H2,1-3H3/t15-,19+,20-,23+/m0/s1. The third-order valence-electron chi connectivity index (χ3n) is 6.20. The Labute approximate surface area is 164 Å². The Kier molecular flexibility index (Phi) is 4.55. The predicted molar refractivity (Wildman–Crippen MR) is 106 cm³/mol. The van der Waals surface area contributed by atoms with Crippen molar-refractivity contribution >= 4 is 17.3 Å². The van der Waals surface area contributed by atoms with Crippen molar-refractivity contribution in [2.75, 3.05) is 11.5 Å². The Balaban J connectivity index is 1.89. The smallest absolute Gasteiger partial charge is 0.268 e. The van der Waals surface area contributed by atoms with Crippen molar-refractivity contribution in [2.45, 2.75) is 44.6 Å². The highest BCUT2D eigenvalue weighted by atomic mass is 19.1. The van der Waals surface area contributed by atoms with Crippen LogP contribution >= 0.6 is 0 Å². The molecule has 4 rings (SSSR count). The van der Waals surface area contributed by atoms with Crippen LogP contribution in [0.2, 0.25) is 0 Å². The van der Waals surface area contributed by atoms with E-state index in [0.29, 0.717) is 6.42 Å². The first-order chi connectivity index (χ1) is 13.3. The number of hydrogen-bond acceptors (Lipinski definition) is 3. The van der Waals surface area contributed by atoms with Crippen molar-refractivity contribution in [3.8, 4) is 0 Å². The summed E-state index contributed by atoms with van der Waals surface area (Å²) in [6, 6.07) is 17.0. The zero-order chi connectivity index (χ0) is 20.1. The third kappa shape index (κ3) is 2.60. The number of carbonyl (C=O) groups excluding carboxylic acids is 1. The van der Waals surface area contributed by atoms with Crippen molar-refractivity contribution < 1.29 is 19.0 Å². The number of aliphatic hydroxyl groups is 1. The van der Waals surface area contributed by atoms with Gasteiger partial charge in [0.05, 0.1) is 11.8 Å². The number of halogens is 1. The fourth-order valence-electron chi connectivity index (χ4n) is 5.16. The van der Waals surface area contributed by atoms with Crippen LogP contribution in [0.1, 0.15) is 32.8 Å². The van der Waals surface area contributed by atoms with Crippen LogP contribution in [0.25, 0.3) is 0 Å². The van der Waals surface area contributed by atoms with Crippen LogP contribution in [-0.4, -0.2) is 29.4 Å². The van der Waals surface area contributed by atoms with Crippen LogP contribution in [0, 0.1) is 11.8 Å². The lowest BCUT2D eigenvalue weighted by Gasteiger charge is -2.32. The molecule has 0 radical (unpaired) electrons. The van der Waals surface area contributed by atoms with Gasteiger partial charge in [-0.25, -0.2) is 4.39 Å². The van der Waals surface area contributed by atoms with Gasteiger partial charge < -0.3 is 9.84 Å². The average Bonchev–Trinajstić information content (AvgIpc) is 3.09. The van der Waals surface area contributed by atoms with Crippen molar-refractivity contribution in [2.24, 2.45) is 11.8 Å². The number of benzene rings is 2. The number of alkyl halides is 1. The van der Waals surface area contributed by atoms with E-state index in [1.807, 2.05) is 61.5 Å². The fourth-order valence-corrected chi connectivity index (χ4v) is 5.16. The van der Waals surface area contributed by atoms with Gasteiger partial charge in [0.25, 0.3) is 5.91 Å². The molecular formula is C23H26FNO3. The summed E-state index contributed by atoms with van der Waals surface area (Å²) in [6.45, 7) is 4.84. The van der Waals surface area contributed by atoms with E-state index in [0.717, 1.165) is 16.9 Å². The molecule has 1 spiro atoms. The largest absolute Gasteiger partial charge is 0.396 e. The second kappa shape index (κ2) is 6.68. The van der Waals surface area contributed by atoms with E-state index < -0.39 is 23.3 Å². The van der Waals surface area contributed by atoms with Gasteiger partial charge in [-0.2, -0.15) is 0 Å². The predicted octanol–water partition coefficient (Wildman–Crippen LogP) is 4.34. The molecule has 0 aromatic heterocycles. The van der Waals surface area contributed by atoms with Gasteiger partial charge in [0.15, 0.2) is 5.60 Å². The molecule has 2 aliphatic rings. The molecular weight excluding hydrogens is 357 g/mol. The van der Waals surface area contributed by atoms with E-state index in [1.165, 1.54) is 13.8 Å². The van der Waals surface area contributed by atoms with Crippen LogP contribution < -0.4 is 4.90 Å². The van der Waals surface area contributed by atoms with Gasteiger partial charge in [-0.1, -0.05) is 43.3 Å². The highest BCUT2D eigenvalue weighted by Crippen LogP contribution is 2.59. The minimum Gasteiger partial charge on any atom is -0.396 e. The van der Waals surface area contributed by atoms with Crippen LogP contribution in [0.15, 0.2) is 54.6 Å². The van der Waals surface area contributed by atoms with E-state index in [1.54, 1.807) is 4.90 Å². The molecule has 5 heteroatoms. The Bertz CT molecular complexity index is 879. The van der Waals surface area contributed by atoms with Crippen LogP contribution in [0.3, 0.4) is 0 Å². The number of amides is 1. The quantitative estimate of drug-likeness (QED) is 0.854. The first kappa shape index (κ1) is 19.1. The second-order valence-corrected chi connectivity index (χ2v) is 8.28. The van der Waals surface area contributed by atoms with Crippen molar-refractivity contribution in [1.29, 1.82) is 0 Å². The number of rotatable bonds is 4. The molecule has 0 saturated carbocycles. The number of carbonyl (C=O) groups is 1. The van der Waals surface area contributed by atoms with Gasteiger partial charge in [-0.05, 0) is 38.5 Å². The molecule has 4 nitrogen and oxygen atoms in total. The maximum Gasteiger partial charge on any atom is 0.268 e. The molecule has 2 aromatic carbocycles. The van der Waals surface area contributed by atoms with E-state index >= 15 is 4.39 Å². The molecule has 2 aliphatic heterocycles. The molecule has 1 saturated heterocycles. The summed E-state index contributed by atoms with van der Waals surface area (Å²) in [4.78, 5) is 15.5. The maximum atomic E-state index is 15.2. The maximum absolute atomic E-state index is 15.2. The SMILES string of the molecule is C[C@H]1[C@H](C(C)(C)F)[C@@H](CCO)O[C@]12C(=O)N(c1ccccc1)c1ccccc12. The highest BCUT2D eigenvalue weighted by Gasteiger charge is 2.66. The zero-order valence-electron chi connectivity index (χ0n) is 16.4. The molecule has 1 N–H and O–H groups in total. The Morgan fingerprint density at radius 2 is 1.79 bits per heavy atom. The van der Waals surface area contributed by atoms with E-state index in [-0.39, 0.29) is 18.4 Å². The molecule has 0 aliphatic carbocycles. The summed E-state index contributed by atoms with van der Waals surface area (Å²) in [7, 11) is 0. The number of nitrogens with zero attached hydrogens (tertiary/aromatic N) is 1. The van der Waals surface area contributed by atoms with Gasteiger partial charge in [-0.3, -0.25) is 9.69 Å². The number of para-hydroxylation sites is 2. The minimum absolute atomic E-state index is 0.113. The molecule has 1 fully saturated rings. The number of ether oxygens (including phenoxy) is 1. The summed E-state index contributed by atoms with van der Waals surface area (Å²) in [5.41, 5.74) is -0.496. The van der Waals surface area contributed by atoms with E-state index in [2.05, 4.69) is 0 Å². The van der Waals surface area contributed by atoms with Gasteiger partial charge in [0, 0.05) is 29.7 Å². The monoisotopic (exact) mass is 383 g/mol. The first-order valence-electron chi connectivity index (χ1n) is 9.79. The van der Waals surface area contributed by atoms with Gasteiger partial charge >= 0.3 is 0 Å². The molecule has 1 amide bonds. The number of aliphatic hydroxyl groups excluding tert-OH is 1. The lowest BCUT2D eigenvalue weighted by atomic mass is 9.71. The molecule has 2 aromatic rings.